The summed E-state index contributed by atoms with van der Waals surface area (Å²) >= 11 is 0. The molecule has 1 amide bonds. The predicted octanol–water partition coefficient (Wildman–Crippen LogP) is 5.21. The highest BCUT2D eigenvalue weighted by Crippen LogP contribution is 2.53. The zero-order chi connectivity index (χ0) is 24.2. The Morgan fingerprint density at radius 2 is 1.74 bits per heavy atom. The molecule has 2 aromatic rings. The molecule has 4 fully saturated rings. The van der Waals surface area contributed by atoms with Crippen LogP contribution in [-0.2, 0) is 10.2 Å². The second-order valence-corrected chi connectivity index (χ2v) is 11.7. The maximum Gasteiger partial charge on any atom is 0.338 e. The Bertz CT molecular complexity index is 1080. The standard InChI is InChI=1S/C28H37N3O3/c1-6-34-27(33)19-7-8-23(16(2)9-19)31-25(28(3,4)5)22(15-29-31)26(32)30-24-20-11-17-10-18(13-20)14-21(24)12-17/h7-9,15,17-18,20-21,24H,6,10-14H2,1-5H3,(H,30,32). The van der Waals surface area contributed by atoms with Gasteiger partial charge in [-0.15, -0.1) is 0 Å². The monoisotopic (exact) mass is 463 g/mol. The molecule has 4 aliphatic rings. The van der Waals surface area contributed by atoms with E-state index in [0.717, 1.165) is 28.8 Å². The summed E-state index contributed by atoms with van der Waals surface area (Å²) in [5.41, 5.74) is 3.54. The lowest BCUT2D eigenvalue weighted by Crippen LogP contribution is -2.55. The Hall–Kier alpha value is -2.63. The van der Waals surface area contributed by atoms with Crippen LogP contribution in [0.4, 0.5) is 0 Å². The van der Waals surface area contributed by atoms with Gasteiger partial charge in [0, 0.05) is 11.5 Å². The first-order valence-corrected chi connectivity index (χ1v) is 12.8. The fourth-order valence-corrected chi connectivity index (χ4v) is 7.04. The molecule has 6 heteroatoms. The van der Waals surface area contributed by atoms with Crippen molar-refractivity contribution in [3.8, 4) is 5.69 Å². The van der Waals surface area contributed by atoms with Crippen molar-refractivity contribution in [3.05, 3.63) is 46.8 Å². The number of carbonyl (C=O) groups excluding carboxylic acids is 2. The first kappa shape index (κ1) is 23.1. The van der Waals surface area contributed by atoms with Gasteiger partial charge >= 0.3 is 5.97 Å². The van der Waals surface area contributed by atoms with Crippen molar-refractivity contribution in [1.29, 1.82) is 0 Å². The number of benzene rings is 1. The predicted molar refractivity (Wildman–Crippen MR) is 131 cm³/mol. The molecule has 6 rings (SSSR count). The molecule has 1 aromatic carbocycles. The largest absolute Gasteiger partial charge is 0.462 e. The fourth-order valence-electron chi connectivity index (χ4n) is 7.04. The summed E-state index contributed by atoms with van der Waals surface area (Å²) in [5.74, 6) is 2.68. The van der Waals surface area contributed by atoms with Crippen LogP contribution < -0.4 is 5.32 Å². The zero-order valence-corrected chi connectivity index (χ0v) is 21.1. The van der Waals surface area contributed by atoms with Crippen LogP contribution in [-0.4, -0.2) is 34.3 Å². The fraction of sp³-hybridized carbons (Fsp3) is 0.607. The number of hydrogen-bond acceptors (Lipinski definition) is 4. The van der Waals surface area contributed by atoms with Crippen molar-refractivity contribution in [2.45, 2.75) is 78.2 Å². The second-order valence-electron chi connectivity index (χ2n) is 11.7. The molecule has 1 aromatic heterocycles. The Kier molecular flexibility index (Phi) is 5.81. The van der Waals surface area contributed by atoms with Gasteiger partial charge in [0.2, 0.25) is 0 Å². The number of nitrogens with zero attached hydrogens (tertiary/aromatic N) is 2. The maximum atomic E-state index is 13.6. The smallest absolute Gasteiger partial charge is 0.338 e. The first-order chi connectivity index (χ1) is 16.2. The minimum atomic E-state index is -0.329. The Balaban J connectivity index is 1.44. The van der Waals surface area contributed by atoms with E-state index in [2.05, 4.69) is 31.2 Å². The van der Waals surface area contributed by atoms with Crippen LogP contribution in [0.15, 0.2) is 24.4 Å². The van der Waals surface area contributed by atoms with Gasteiger partial charge in [-0.3, -0.25) is 4.79 Å². The van der Waals surface area contributed by atoms with E-state index < -0.39 is 0 Å². The minimum Gasteiger partial charge on any atom is -0.462 e. The van der Waals surface area contributed by atoms with E-state index in [-0.39, 0.29) is 17.3 Å². The van der Waals surface area contributed by atoms with Crippen LogP contribution >= 0.6 is 0 Å². The van der Waals surface area contributed by atoms with Crippen molar-refractivity contribution in [2.24, 2.45) is 23.7 Å². The Morgan fingerprint density at radius 1 is 1.09 bits per heavy atom. The molecule has 0 atom stereocenters. The van der Waals surface area contributed by atoms with Crippen molar-refractivity contribution < 1.29 is 14.3 Å². The van der Waals surface area contributed by atoms with Crippen molar-refractivity contribution in [1.82, 2.24) is 15.1 Å². The Morgan fingerprint density at radius 3 is 2.29 bits per heavy atom. The minimum absolute atomic E-state index is 0.00514. The highest BCUT2D eigenvalue weighted by Gasteiger charge is 2.49. The number of carbonyl (C=O) groups is 2. The highest BCUT2D eigenvalue weighted by atomic mass is 16.5. The molecular formula is C28H37N3O3. The van der Waals surface area contributed by atoms with Crippen molar-refractivity contribution >= 4 is 11.9 Å². The molecule has 1 heterocycles. The van der Waals surface area contributed by atoms with Crippen LogP contribution in [0.2, 0.25) is 0 Å². The van der Waals surface area contributed by atoms with Crippen LogP contribution in [0, 0.1) is 30.6 Å². The molecule has 0 saturated heterocycles. The van der Waals surface area contributed by atoms with Gasteiger partial charge in [0.25, 0.3) is 5.91 Å². The lowest BCUT2D eigenvalue weighted by atomic mass is 9.54. The van der Waals surface area contributed by atoms with Gasteiger partial charge < -0.3 is 10.1 Å². The molecule has 0 unspecified atom stereocenters. The molecule has 4 saturated carbocycles. The van der Waals surface area contributed by atoms with Gasteiger partial charge in [-0.05, 0) is 93.4 Å². The molecule has 0 radical (unpaired) electrons. The number of aryl methyl sites for hydroxylation is 1. The summed E-state index contributed by atoms with van der Waals surface area (Å²) in [6.07, 6.45) is 8.21. The number of ether oxygens (including phenoxy) is 1. The van der Waals surface area contributed by atoms with E-state index in [4.69, 9.17) is 4.74 Å². The average molecular weight is 464 g/mol. The topological polar surface area (TPSA) is 73.2 Å². The molecule has 0 spiro atoms. The summed E-state index contributed by atoms with van der Waals surface area (Å²) in [4.78, 5) is 25.8. The number of rotatable bonds is 5. The highest BCUT2D eigenvalue weighted by molar-refractivity contribution is 5.96. The third-order valence-electron chi connectivity index (χ3n) is 8.18. The summed E-state index contributed by atoms with van der Waals surface area (Å²) in [6.45, 7) is 10.4. The molecule has 4 bridgehead atoms. The number of nitrogens with one attached hydrogen (secondary N) is 1. The van der Waals surface area contributed by atoms with Gasteiger partial charge in [-0.2, -0.15) is 5.10 Å². The van der Waals surface area contributed by atoms with Gasteiger partial charge in [0.05, 0.1) is 35.3 Å². The van der Waals surface area contributed by atoms with Gasteiger partial charge in [0.15, 0.2) is 0 Å². The molecule has 182 valence electrons. The van der Waals surface area contributed by atoms with E-state index in [1.54, 1.807) is 19.2 Å². The summed E-state index contributed by atoms with van der Waals surface area (Å²) in [5, 5.41) is 8.12. The third-order valence-corrected chi connectivity index (χ3v) is 8.18. The lowest BCUT2D eigenvalue weighted by molar-refractivity contribution is -0.0119. The Labute approximate surface area is 202 Å². The van der Waals surface area contributed by atoms with Gasteiger partial charge in [-0.1, -0.05) is 20.8 Å². The van der Waals surface area contributed by atoms with Crippen LogP contribution in [0.3, 0.4) is 0 Å². The molecule has 4 aliphatic carbocycles. The molecule has 6 nitrogen and oxygen atoms in total. The van der Waals surface area contributed by atoms with Crippen molar-refractivity contribution in [2.75, 3.05) is 6.61 Å². The zero-order valence-electron chi connectivity index (χ0n) is 21.1. The first-order valence-electron chi connectivity index (χ1n) is 12.8. The van der Waals surface area contributed by atoms with Crippen molar-refractivity contribution in [3.63, 3.8) is 0 Å². The van der Waals surface area contributed by atoms with Crippen LogP contribution in [0.25, 0.3) is 5.69 Å². The second kappa shape index (κ2) is 8.54. The molecule has 34 heavy (non-hydrogen) atoms. The van der Waals surface area contributed by atoms with E-state index >= 15 is 0 Å². The number of aromatic nitrogens is 2. The summed E-state index contributed by atoms with van der Waals surface area (Å²) in [6, 6.07) is 5.78. The van der Waals surface area contributed by atoms with E-state index in [1.165, 1.54) is 32.1 Å². The average Bonchev–Trinajstić information content (AvgIpc) is 3.21. The molecule has 0 aliphatic heterocycles. The number of esters is 1. The lowest BCUT2D eigenvalue weighted by Gasteiger charge is -2.54. The molecule has 1 N–H and O–H groups in total. The van der Waals surface area contributed by atoms with Crippen LogP contribution in [0.1, 0.15) is 91.8 Å². The number of hydrogen-bond donors (Lipinski definition) is 1. The van der Waals surface area contributed by atoms with Crippen LogP contribution in [0.5, 0.6) is 0 Å². The van der Waals surface area contributed by atoms with E-state index in [0.29, 0.717) is 35.6 Å². The molecular weight excluding hydrogens is 426 g/mol. The van der Waals surface area contributed by atoms with Gasteiger partial charge in [0.1, 0.15) is 0 Å². The van der Waals surface area contributed by atoms with E-state index in [9.17, 15) is 9.59 Å². The summed E-state index contributed by atoms with van der Waals surface area (Å²) in [7, 11) is 0. The number of amides is 1. The quantitative estimate of drug-likeness (QED) is 0.618. The van der Waals surface area contributed by atoms with E-state index in [1.807, 2.05) is 23.7 Å². The third kappa shape index (κ3) is 4.05. The normalized spacial score (nSPS) is 27.6. The SMILES string of the molecule is CCOC(=O)c1ccc(-n2ncc(C(=O)NC3C4CC5CC(C4)CC3C5)c2C(C)(C)C)c(C)c1. The van der Waals surface area contributed by atoms with Gasteiger partial charge in [-0.25, -0.2) is 9.48 Å². The maximum absolute atomic E-state index is 13.6. The summed E-state index contributed by atoms with van der Waals surface area (Å²) < 4.78 is 7.01.